The number of carbonyl (C=O) groups is 3. The predicted octanol–water partition coefficient (Wildman–Crippen LogP) is -1.56. The van der Waals surface area contributed by atoms with Crippen molar-refractivity contribution < 1.29 is 45.6 Å². The number of hydrogen-bond acceptors (Lipinski definition) is 7. The van der Waals surface area contributed by atoms with Gasteiger partial charge in [0.05, 0.1) is 17.1 Å². The number of Topliss-reactive ketones (excluding diaryl/α,β-unsaturated/α-hetero) is 1. The number of aromatic nitrogens is 1. The van der Waals surface area contributed by atoms with Gasteiger partial charge >= 0.3 is 5.97 Å². The Morgan fingerprint density at radius 3 is 2.23 bits per heavy atom. The first-order valence-corrected chi connectivity index (χ1v) is 8.60. The van der Waals surface area contributed by atoms with Gasteiger partial charge in [0.1, 0.15) is 5.71 Å². The topological polar surface area (TPSA) is 132 Å². The molecule has 0 fully saturated rings. The van der Waals surface area contributed by atoms with Crippen molar-refractivity contribution in [3.63, 3.8) is 0 Å². The van der Waals surface area contributed by atoms with Gasteiger partial charge in [0, 0.05) is 29.8 Å². The highest BCUT2D eigenvalue weighted by Crippen LogP contribution is 2.12. The van der Waals surface area contributed by atoms with E-state index in [1.165, 1.54) is 43.3 Å². The quantitative estimate of drug-likeness (QED) is 0.122. The number of hydrogen-bond donors (Lipinski definition) is 1. The number of pyridine rings is 1. The standard InChI is InChI=1S/C19H18N4O6.BrH/c1-3-29-19(26)13(2)20-21-18(25)15-8-10-22(11-9-15)12-17(24)14-4-6-16(7-5-14)23(27)28;/h4-11H,3,12H2,1-2H3;1H. The molecule has 2 aromatic rings. The lowest BCUT2D eigenvalue weighted by atomic mass is 10.1. The van der Waals surface area contributed by atoms with E-state index in [4.69, 9.17) is 4.74 Å². The Labute approximate surface area is 182 Å². The number of ketones is 1. The van der Waals surface area contributed by atoms with E-state index in [1.54, 1.807) is 23.9 Å². The lowest BCUT2D eigenvalue weighted by molar-refractivity contribution is -0.683. The van der Waals surface area contributed by atoms with Gasteiger partial charge in [-0.25, -0.2) is 10.2 Å². The van der Waals surface area contributed by atoms with E-state index < -0.39 is 16.8 Å². The zero-order valence-corrected chi connectivity index (χ0v) is 17.8. The van der Waals surface area contributed by atoms with Gasteiger partial charge < -0.3 is 21.7 Å². The maximum absolute atomic E-state index is 12.3. The molecule has 0 unspecified atom stereocenters. The summed E-state index contributed by atoms with van der Waals surface area (Å²) in [6.45, 7) is 3.28. The van der Waals surface area contributed by atoms with Crippen LogP contribution in [0.5, 0.6) is 0 Å². The van der Waals surface area contributed by atoms with Crippen LogP contribution in [0.1, 0.15) is 34.6 Å². The second kappa shape index (κ2) is 11.5. The molecule has 0 spiro atoms. The molecule has 2 rings (SSSR count). The maximum atomic E-state index is 12.3. The average molecular weight is 479 g/mol. The number of carbonyl (C=O) groups excluding carboxylic acids is 3. The zero-order chi connectivity index (χ0) is 21.4. The highest BCUT2D eigenvalue weighted by atomic mass is 79.9. The Morgan fingerprint density at radius 2 is 1.70 bits per heavy atom. The molecule has 0 atom stereocenters. The Balaban J connectivity index is 0.00000450. The largest absolute Gasteiger partial charge is 1.00 e. The molecule has 0 saturated carbocycles. The Kier molecular flexibility index (Phi) is 9.43. The second-order valence-electron chi connectivity index (χ2n) is 5.84. The molecule has 0 aliphatic rings. The third-order valence-electron chi connectivity index (χ3n) is 3.78. The van der Waals surface area contributed by atoms with E-state index in [9.17, 15) is 24.5 Å². The molecule has 158 valence electrons. The van der Waals surface area contributed by atoms with Crippen LogP contribution in [-0.2, 0) is 16.1 Å². The summed E-state index contributed by atoms with van der Waals surface area (Å²) in [6.07, 6.45) is 3.08. The molecule has 1 N–H and O–H groups in total. The Bertz CT molecular complexity index is 958. The van der Waals surface area contributed by atoms with Gasteiger partial charge in [0.25, 0.3) is 11.6 Å². The number of nitro groups is 1. The number of ether oxygens (including phenoxy) is 1. The minimum atomic E-state index is -0.622. The molecule has 1 aromatic carbocycles. The smallest absolute Gasteiger partial charge is 0.354 e. The number of amides is 1. The summed E-state index contributed by atoms with van der Waals surface area (Å²) in [5.41, 5.74) is 2.80. The summed E-state index contributed by atoms with van der Waals surface area (Å²) in [5.74, 6) is -1.39. The maximum Gasteiger partial charge on any atom is 0.354 e. The normalized spacial score (nSPS) is 10.5. The van der Waals surface area contributed by atoms with Gasteiger partial charge in [-0.05, 0) is 26.0 Å². The van der Waals surface area contributed by atoms with Gasteiger partial charge in [0.15, 0.2) is 12.4 Å². The molecule has 30 heavy (non-hydrogen) atoms. The summed E-state index contributed by atoms with van der Waals surface area (Å²) in [6, 6.07) is 8.31. The van der Waals surface area contributed by atoms with Crippen LogP contribution in [0.25, 0.3) is 0 Å². The van der Waals surface area contributed by atoms with Gasteiger partial charge in [-0.1, -0.05) is 0 Å². The third kappa shape index (κ3) is 6.85. The molecule has 0 aliphatic heterocycles. The molecular weight excluding hydrogens is 460 g/mol. The van der Waals surface area contributed by atoms with Crippen LogP contribution < -0.4 is 27.0 Å². The number of nitrogens with one attached hydrogen (secondary N) is 1. The van der Waals surface area contributed by atoms with Crippen molar-refractivity contribution in [3.8, 4) is 0 Å². The first kappa shape index (κ1) is 24.6. The zero-order valence-electron chi connectivity index (χ0n) is 16.2. The van der Waals surface area contributed by atoms with Crippen molar-refractivity contribution in [1.29, 1.82) is 0 Å². The monoisotopic (exact) mass is 478 g/mol. The van der Waals surface area contributed by atoms with Crippen LogP contribution in [-0.4, -0.2) is 34.9 Å². The molecule has 11 heteroatoms. The molecule has 0 radical (unpaired) electrons. The molecule has 0 saturated heterocycles. The summed E-state index contributed by atoms with van der Waals surface area (Å²) < 4.78 is 6.32. The minimum Gasteiger partial charge on any atom is -1.00 e. The summed E-state index contributed by atoms with van der Waals surface area (Å²) >= 11 is 0. The summed E-state index contributed by atoms with van der Waals surface area (Å²) in [7, 11) is 0. The predicted molar refractivity (Wildman–Crippen MR) is 101 cm³/mol. The van der Waals surface area contributed by atoms with Crippen molar-refractivity contribution in [3.05, 3.63) is 70.0 Å². The van der Waals surface area contributed by atoms with Crippen molar-refractivity contribution in [1.82, 2.24) is 5.43 Å². The third-order valence-corrected chi connectivity index (χ3v) is 3.78. The Hall–Kier alpha value is -3.47. The number of hydrazone groups is 1. The van der Waals surface area contributed by atoms with Crippen molar-refractivity contribution in [2.24, 2.45) is 5.10 Å². The lowest BCUT2D eigenvalue weighted by Crippen LogP contribution is -3.00. The first-order valence-electron chi connectivity index (χ1n) is 8.60. The van der Waals surface area contributed by atoms with E-state index in [0.717, 1.165) is 0 Å². The summed E-state index contributed by atoms with van der Waals surface area (Å²) in [5, 5.41) is 14.3. The highest BCUT2D eigenvalue weighted by Gasteiger charge is 2.15. The highest BCUT2D eigenvalue weighted by molar-refractivity contribution is 6.35. The van der Waals surface area contributed by atoms with E-state index >= 15 is 0 Å². The number of esters is 1. The molecule has 1 aromatic heterocycles. The molecular formula is C19H19BrN4O6. The number of nitro benzene ring substituents is 1. The van der Waals surface area contributed by atoms with Crippen molar-refractivity contribution >= 4 is 29.1 Å². The average Bonchev–Trinajstić information content (AvgIpc) is 2.72. The number of nitrogens with zero attached hydrogens (tertiary/aromatic N) is 3. The molecule has 1 heterocycles. The van der Waals surface area contributed by atoms with E-state index in [1.807, 2.05) is 0 Å². The van der Waals surface area contributed by atoms with E-state index in [-0.39, 0.29) is 52.9 Å². The fourth-order valence-corrected chi connectivity index (χ4v) is 2.22. The molecule has 0 aliphatic carbocycles. The van der Waals surface area contributed by atoms with Crippen LogP contribution in [0, 0.1) is 10.1 Å². The number of benzene rings is 1. The first-order chi connectivity index (χ1) is 13.8. The second-order valence-corrected chi connectivity index (χ2v) is 5.84. The fraction of sp³-hybridized carbons (Fsp3) is 0.211. The molecule has 1 amide bonds. The van der Waals surface area contributed by atoms with Crippen LogP contribution in [0.15, 0.2) is 53.9 Å². The van der Waals surface area contributed by atoms with Gasteiger partial charge in [-0.15, -0.1) is 0 Å². The molecule has 0 bridgehead atoms. The van der Waals surface area contributed by atoms with Crippen molar-refractivity contribution in [2.75, 3.05) is 6.61 Å². The van der Waals surface area contributed by atoms with Gasteiger partial charge in [-0.3, -0.25) is 19.7 Å². The van der Waals surface area contributed by atoms with E-state index in [0.29, 0.717) is 5.56 Å². The fourth-order valence-electron chi connectivity index (χ4n) is 2.22. The van der Waals surface area contributed by atoms with Crippen LogP contribution >= 0.6 is 0 Å². The Morgan fingerprint density at radius 1 is 1.10 bits per heavy atom. The number of non-ortho nitro benzene ring substituents is 1. The molecule has 10 nitrogen and oxygen atoms in total. The number of rotatable bonds is 8. The van der Waals surface area contributed by atoms with Crippen LogP contribution in [0.4, 0.5) is 5.69 Å². The van der Waals surface area contributed by atoms with E-state index in [2.05, 4.69) is 10.5 Å². The SMILES string of the molecule is CCOC(=O)/C(C)=N/NC(=O)c1cc[n+](CC(=O)c2ccc([N+](=O)[O-])cc2)cc1.[Br-]. The lowest BCUT2D eigenvalue weighted by Gasteiger charge is -2.03. The minimum absolute atomic E-state index is 0. The van der Waals surface area contributed by atoms with Crippen LogP contribution in [0.3, 0.4) is 0 Å². The van der Waals surface area contributed by atoms with Gasteiger partial charge in [0.2, 0.25) is 12.3 Å². The number of halogens is 1. The van der Waals surface area contributed by atoms with Crippen LogP contribution in [0.2, 0.25) is 0 Å². The summed E-state index contributed by atoms with van der Waals surface area (Å²) in [4.78, 5) is 45.9. The van der Waals surface area contributed by atoms with Crippen molar-refractivity contribution in [2.45, 2.75) is 20.4 Å². The van der Waals surface area contributed by atoms with Gasteiger partial charge in [-0.2, -0.15) is 9.67 Å².